The van der Waals surface area contributed by atoms with E-state index < -0.39 is 17.1 Å². The van der Waals surface area contributed by atoms with Gasteiger partial charge in [-0.1, -0.05) is 29.3 Å². The van der Waals surface area contributed by atoms with Gasteiger partial charge in [-0.05, 0) is 71.4 Å². The lowest BCUT2D eigenvalue weighted by Gasteiger charge is -2.14. The van der Waals surface area contributed by atoms with Gasteiger partial charge < -0.3 is 18.9 Å². The highest BCUT2D eigenvalue weighted by Gasteiger charge is 2.35. The Bertz CT molecular complexity index is 1460. The molecule has 0 N–H and O–H groups in total. The van der Waals surface area contributed by atoms with Crippen LogP contribution in [0.1, 0.15) is 21.5 Å². The number of fused-ring (bicyclic) bond motifs is 1. The third-order valence-corrected chi connectivity index (χ3v) is 7.08. The molecule has 0 aromatic heterocycles. The van der Waals surface area contributed by atoms with E-state index in [1.54, 1.807) is 54.6 Å². The molecule has 2 amide bonds. The molecule has 2 aliphatic heterocycles. The zero-order valence-corrected chi connectivity index (χ0v) is 21.5. The van der Waals surface area contributed by atoms with Gasteiger partial charge in [0.2, 0.25) is 6.79 Å². The van der Waals surface area contributed by atoms with Crippen LogP contribution in [0.25, 0.3) is 6.08 Å². The summed E-state index contributed by atoms with van der Waals surface area (Å²) in [4.78, 5) is 39.3. The van der Waals surface area contributed by atoms with Crippen molar-refractivity contribution >= 4 is 58.2 Å². The molecule has 0 aliphatic carbocycles. The van der Waals surface area contributed by atoms with Crippen molar-refractivity contribution in [1.29, 1.82) is 0 Å². The number of methoxy groups -OCH3 is 1. The molecule has 5 rings (SSSR count). The Labute approximate surface area is 225 Å². The summed E-state index contributed by atoms with van der Waals surface area (Å²) in [6.07, 6.45) is 1.55. The third kappa shape index (κ3) is 5.24. The highest BCUT2D eigenvalue weighted by atomic mass is 35.5. The van der Waals surface area contributed by atoms with Crippen LogP contribution in [0.5, 0.6) is 23.0 Å². The molecule has 11 heteroatoms. The van der Waals surface area contributed by atoms with E-state index in [9.17, 15) is 14.4 Å². The number of carbonyl (C=O) groups excluding carboxylic acids is 3. The summed E-state index contributed by atoms with van der Waals surface area (Å²) in [6, 6.07) is 14.4. The number of halogens is 2. The lowest BCUT2D eigenvalue weighted by molar-refractivity contribution is -0.123. The van der Waals surface area contributed by atoms with Crippen LogP contribution in [0.15, 0.2) is 59.5 Å². The summed E-state index contributed by atoms with van der Waals surface area (Å²) < 4.78 is 21.1. The third-order valence-electron chi connectivity index (χ3n) is 5.53. The van der Waals surface area contributed by atoms with Gasteiger partial charge in [0.1, 0.15) is 11.5 Å². The van der Waals surface area contributed by atoms with Crippen molar-refractivity contribution in [2.24, 2.45) is 0 Å². The Hall–Kier alpha value is -3.66. The van der Waals surface area contributed by atoms with E-state index >= 15 is 0 Å². The number of hydrogen-bond acceptors (Lipinski definition) is 8. The molecule has 3 aromatic carbocycles. The average Bonchev–Trinajstić information content (AvgIpc) is 3.44. The Balaban J connectivity index is 1.29. The van der Waals surface area contributed by atoms with Gasteiger partial charge in [-0.25, -0.2) is 4.79 Å². The lowest BCUT2D eigenvalue weighted by Crippen LogP contribution is -2.27. The van der Waals surface area contributed by atoms with E-state index in [4.69, 9.17) is 42.1 Å². The van der Waals surface area contributed by atoms with Gasteiger partial charge in [-0.15, -0.1) is 0 Å². The number of nitrogens with zero attached hydrogens (tertiary/aromatic N) is 1. The molecule has 3 aromatic rings. The van der Waals surface area contributed by atoms with Gasteiger partial charge in [0.05, 0.1) is 29.1 Å². The minimum Gasteiger partial charge on any atom is -0.497 e. The second-order valence-electron chi connectivity index (χ2n) is 7.87. The number of esters is 1. The maximum atomic E-state index is 13.0. The van der Waals surface area contributed by atoms with Crippen molar-refractivity contribution in [3.8, 4) is 23.0 Å². The maximum Gasteiger partial charge on any atom is 0.343 e. The molecule has 0 radical (unpaired) electrons. The molecule has 0 spiro atoms. The molecule has 37 heavy (non-hydrogen) atoms. The summed E-state index contributed by atoms with van der Waals surface area (Å²) >= 11 is 13.4. The van der Waals surface area contributed by atoms with Crippen LogP contribution in [-0.4, -0.2) is 35.9 Å². The number of benzene rings is 3. The Kier molecular flexibility index (Phi) is 7.01. The number of thioether (sulfide) groups is 1. The molecule has 1 fully saturated rings. The average molecular weight is 558 g/mol. The fourth-order valence-corrected chi connectivity index (χ4v) is 4.89. The number of amides is 2. The van der Waals surface area contributed by atoms with Gasteiger partial charge in [0.25, 0.3) is 11.1 Å². The topological polar surface area (TPSA) is 91.4 Å². The number of carbonyl (C=O) groups is 3. The second kappa shape index (κ2) is 10.4. The largest absolute Gasteiger partial charge is 0.497 e. The Morgan fingerprint density at radius 2 is 1.76 bits per heavy atom. The summed E-state index contributed by atoms with van der Waals surface area (Å²) in [5, 5.41) is 0.0990. The quantitative estimate of drug-likeness (QED) is 0.201. The summed E-state index contributed by atoms with van der Waals surface area (Å²) in [5.74, 6) is 0.741. The van der Waals surface area contributed by atoms with E-state index in [1.807, 2.05) is 0 Å². The molecule has 2 aliphatic rings. The molecule has 2 heterocycles. The molecule has 0 unspecified atom stereocenters. The van der Waals surface area contributed by atoms with E-state index in [2.05, 4.69) is 0 Å². The zero-order valence-electron chi connectivity index (χ0n) is 19.2. The van der Waals surface area contributed by atoms with Crippen LogP contribution in [0, 0.1) is 0 Å². The normalized spacial score (nSPS) is 15.4. The van der Waals surface area contributed by atoms with Gasteiger partial charge in [-0.2, -0.15) is 0 Å². The number of rotatable bonds is 6. The van der Waals surface area contributed by atoms with Crippen molar-refractivity contribution in [2.75, 3.05) is 13.9 Å². The lowest BCUT2D eigenvalue weighted by atomic mass is 10.1. The van der Waals surface area contributed by atoms with E-state index in [0.717, 1.165) is 16.7 Å². The van der Waals surface area contributed by atoms with Crippen molar-refractivity contribution < 1.29 is 33.3 Å². The minimum absolute atomic E-state index is 0.0154. The van der Waals surface area contributed by atoms with Crippen LogP contribution in [0.4, 0.5) is 4.79 Å². The summed E-state index contributed by atoms with van der Waals surface area (Å²) in [6.45, 7) is 0.0694. The van der Waals surface area contributed by atoms with Crippen molar-refractivity contribution in [2.45, 2.75) is 6.54 Å². The molecule has 188 valence electrons. The highest BCUT2D eigenvalue weighted by Crippen LogP contribution is 2.39. The van der Waals surface area contributed by atoms with Crippen molar-refractivity contribution in [3.63, 3.8) is 0 Å². The number of imide groups is 1. The van der Waals surface area contributed by atoms with Crippen molar-refractivity contribution in [1.82, 2.24) is 4.90 Å². The van der Waals surface area contributed by atoms with Crippen LogP contribution < -0.4 is 18.9 Å². The molecule has 8 nitrogen and oxygen atoms in total. The number of hydrogen-bond donors (Lipinski definition) is 0. The fourth-order valence-electron chi connectivity index (χ4n) is 3.61. The van der Waals surface area contributed by atoms with Gasteiger partial charge >= 0.3 is 5.97 Å². The predicted molar refractivity (Wildman–Crippen MR) is 138 cm³/mol. The molecule has 0 bridgehead atoms. The predicted octanol–water partition coefficient (Wildman–Crippen LogP) is 6.19. The van der Waals surface area contributed by atoms with Crippen molar-refractivity contribution in [3.05, 3.63) is 86.2 Å². The highest BCUT2D eigenvalue weighted by molar-refractivity contribution is 8.18. The van der Waals surface area contributed by atoms with Crippen LogP contribution in [0.3, 0.4) is 0 Å². The first-order chi connectivity index (χ1) is 17.8. The first kappa shape index (κ1) is 25.0. The summed E-state index contributed by atoms with van der Waals surface area (Å²) in [5.41, 5.74) is 1.44. The van der Waals surface area contributed by atoms with E-state index in [1.165, 1.54) is 13.2 Å². The van der Waals surface area contributed by atoms with Gasteiger partial charge in [0.15, 0.2) is 11.5 Å². The number of ether oxygens (including phenoxy) is 4. The van der Waals surface area contributed by atoms with Crippen LogP contribution in [0.2, 0.25) is 10.0 Å². The molecule has 1 saturated heterocycles. The monoisotopic (exact) mass is 557 g/mol. The molecular formula is C26H17Cl2NO7S. The van der Waals surface area contributed by atoms with Crippen LogP contribution >= 0.6 is 35.0 Å². The standard InChI is InChI=1S/C26H17Cl2NO7S/c1-33-17-5-3-15(4-6-17)25(31)36-20-7-2-14(8-19(20)28)9-23-24(30)29(26(32)37-23)12-16-10-21-22(11-18(16)27)35-13-34-21/h2-11H,12-13H2,1H3/b23-9-. The minimum atomic E-state index is -0.583. The SMILES string of the molecule is COc1ccc(C(=O)Oc2ccc(/C=C3\SC(=O)N(Cc4cc5c(cc4Cl)OCO5)C3=O)cc2Cl)cc1. The van der Waals surface area contributed by atoms with Gasteiger partial charge in [0, 0.05) is 11.1 Å². The van der Waals surface area contributed by atoms with Gasteiger partial charge in [-0.3, -0.25) is 14.5 Å². The first-order valence-electron chi connectivity index (χ1n) is 10.8. The molecule has 0 saturated carbocycles. The maximum absolute atomic E-state index is 13.0. The fraction of sp³-hybridized carbons (Fsp3) is 0.115. The molecule has 0 atom stereocenters. The van der Waals surface area contributed by atoms with E-state index in [-0.39, 0.29) is 29.0 Å². The molecular weight excluding hydrogens is 541 g/mol. The summed E-state index contributed by atoms with van der Waals surface area (Å²) in [7, 11) is 1.53. The Morgan fingerprint density at radius 3 is 2.46 bits per heavy atom. The van der Waals surface area contributed by atoms with Crippen LogP contribution in [-0.2, 0) is 11.3 Å². The zero-order chi connectivity index (χ0) is 26.1. The Morgan fingerprint density at radius 1 is 1.03 bits per heavy atom. The first-order valence-corrected chi connectivity index (χ1v) is 12.4. The second-order valence-corrected chi connectivity index (χ2v) is 9.68. The van der Waals surface area contributed by atoms with E-state index in [0.29, 0.717) is 39.0 Å². The smallest absolute Gasteiger partial charge is 0.343 e.